The van der Waals surface area contributed by atoms with Gasteiger partial charge in [-0.25, -0.2) is 0 Å². The van der Waals surface area contributed by atoms with Gasteiger partial charge in [0.25, 0.3) is 0 Å². The highest BCUT2D eigenvalue weighted by Crippen LogP contribution is 2.21. The van der Waals surface area contributed by atoms with Crippen molar-refractivity contribution in [2.24, 2.45) is 0 Å². The van der Waals surface area contributed by atoms with Gasteiger partial charge in [-0.2, -0.15) is 0 Å². The smallest absolute Gasteiger partial charge is 0.374 e. The summed E-state index contributed by atoms with van der Waals surface area (Å²) in [5, 5.41) is 1.18. The van der Waals surface area contributed by atoms with Crippen LogP contribution < -0.4 is 0 Å². The van der Waals surface area contributed by atoms with E-state index in [0.717, 1.165) is 12.8 Å². The molecular formula is C11H24O3Si. The molecule has 0 amide bonds. The summed E-state index contributed by atoms with van der Waals surface area (Å²) in [5.74, 6) is 0. The molecule has 0 saturated heterocycles. The number of hydrogen-bond donors (Lipinski definition) is 0. The Morgan fingerprint density at radius 1 is 1.07 bits per heavy atom. The molecule has 0 rings (SSSR count). The fraction of sp³-hybridized carbons (Fsp3) is 0.818. The molecule has 0 radical (unpaired) electrons. The first kappa shape index (κ1) is 14.8. The van der Waals surface area contributed by atoms with Gasteiger partial charge >= 0.3 is 8.80 Å². The van der Waals surface area contributed by atoms with Crippen molar-refractivity contribution in [2.75, 3.05) is 21.3 Å². The third-order valence-electron chi connectivity index (χ3n) is 2.53. The number of hydrogen-bond acceptors (Lipinski definition) is 3. The van der Waals surface area contributed by atoms with E-state index in [1.807, 2.05) is 0 Å². The summed E-state index contributed by atoms with van der Waals surface area (Å²) in [4.78, 5) is 0. The van der Waals surface area contributed by atoms with Gasteiger partial charge in [0, 0.05) is 21.3 Å². The Morgan fingerprint density at radius 3 is 1.93 bits per heavy atom. The molecule has 0 aliphatic heterocycles. The molecular weight excluding hydrogens is 208 g/mol. The van der Waals surface area contributed by atoms with E-state index in [-0.39, 0.29) is 0 Å². The van der Waals surface area contributed by atoms with Gasteiger partial charge in [0.2, 0.25) is 0 Å². The molecule has 0 fully saturated rings. The second-order valence-electron chi connectivity index (χ2n) is 3.39. The van der Waals surface area contributed by atoms with Crippen LogP contribution in [0.25, 0.3) is 0 Å². The average molecular weight is 232 g/mol. The van der Waals surface area contributed by atoms with Crippen LogP contribution >= 0.6 is 0 Å². The van der Waals surface area contributed by atoms with Gasteiger partial charge in [-0.15, -0.1) is 0 Å². The molecule has 0 N–H and O–H groups in total. The van der Waals surface area contributed by atoms with Gasteiger partial charge in [0.15, 0.2) is 0 Å². The van der Waals surface area contributed by atoms with Crippen molar-refractivity contribution in [1.29, 1.82) is 0 Å². The van der Waals surface area contributed by atoms with Gasteiger partial charge in [-0.1, -0.05) is 32.8 Å². The van der Waals surface area contributed by atoms with Gasteiger partial charge in [-0.05, 0) is 18.0 Å². The molecule has 0 spiro atoms. The minimum atomic E-state index is -2.54. The lowest BCUT2D eigenvalue weighted by Crippen LogP contribution is -2.45. The molecule has 0 bridgehead atoms. The van der Waals surface area contributed by atoms with E-state index in [1.165, 1.54) is 18.0 Å². The Balaban J connectivity index is 4.65. The highest BCUT2D eigenvalue weighted by molar-refractivity contribution is 6.68. The summed E-state index contributed by atoms with van der Waals surface area (Å²) < 4.78 is 16.3. The first-order valence-corrected chi connectivity index (χ1v) is 7.28. The number of rotatable bonds is 8. The average Bonchev–Trinajstić information content (AvgIpc) is 2.29. The van der Waals surface area contributed by atoms with Crippen molar-refractivity contribution in [3.05, 3.63) is 11.3 Å². The lowest BCUT2D eigenvalue weighted by atomic mass is 10.2. The van der Waals surface area contributed by atoms with Crippen LogP contribution in [-0.4, -0.2) is 30.1 Å². The highest BCUT2D eigenvalue weighted by atomic mass is 28.4. The van der Waals surface area contributed by atoms with E-state index in [1.54, 1.807) is 21.3 Å². The molecule has 0 heterocycles. The molecule has 0 atom stereocenters. The van der Waals surface area contributed by atoms with Crippen molar-refractivity contribution >= 4 is 8.80 Å². The number of unbranched alkanes of at least 4 members (excludes halogenated alkanes) is 2. The maximum atomic E-state index is 5.45. The molecule has 0 saturated carbocycles. The second-order valence-corrected chi connectivity index (χ2v) is 6.37. The summed E-state index contributed by atoms with van der Waals surface area (Å²) in [6.07, 6.45) is 6.61. The van der Waals surface area contributed by atoms with Crippen LogP contribution in [0, 0.1) is 0 Å². The number of allylic oxidation sites excluding steroid dienone is 2. The fourth-order valence-corrected chi connectivity index (χ4v) is 3.72. The second kappa shape index (κ2) is 8.04. The largest absolute Gasteiger partial charge is 0.531 e. The molecule has 0 aromatic heterocycles. The van der Waals surface area contributed by atoms with Crippen molar-refractivity contribution in [1.82, 2.24) is 0 Å². The van der Waals surface area contributed by atoms with E-state index in [9.17, 15) is 0 Å². The Labute approximate surface area is 94.8 Å². The zero-order valence-electron chi connectivity index (χ0n) is 10.6. The minimum Gasteiger partial charge on any atom is -0.374 e. The van der Waals surface area contributed by atoms with Gasteiger partial charge in [0.1, 0.15) is 0 Å². The first-order valence-electron chi connectivity index (χ1n) is 5.55. The van der Waals surface area contributed by atoms with E-state index in [2.05, 4.69) is 19.9 Å². The Bertz CT molecular complexity index is 180. The highest BCUT2D eigenvalue weighted by Gasteiger charge is 2.41. The fourth-order valence-electron chi connectivity index (χ4n) is 1.61. The van der Waals surface area contributed by atoms with Gasteiger partial charge in [0.05, 0.1) is 0 Å². The van der Waals surface area contributed by atoms with Gasteiger partial charge in [-0.3, -0.25) is 0 Å². The van der Waals surface area contributed by atoms with Crippen LogP contribution in [0.4, 0.5) is 0 Å². The monoisotopic (exact) mass is 232 g/mol. The Kier molecular flexibility index (Phi) is 7.96. The predicted octanol–water partition coefficient (Wildman–Crippen LogP) is 2.93. The van der Waals surface area contributed by atoms with E-state index >= 15 is 0 Å². The van der Waals surface area contributed by atoms with Crippen molar-refractivity contribution in [3.8, 4) is 0 Å². The summed E-state index contributed by atoms with van der Waals surface area (Å²) in [7, 11) is 2.43. The third-order valence-corrected chi connectivity index (χ3v) is 5.49. The van der Waals surface area contributed by atoms with Crippen LogP contribution in [0.15, 0.2) is 11.3 Å². The van der Waals surface area contributed by atoms with E-state index in [4.69, 9.17) is 13.3 Å². The molecule has 15 heavy (non-hydrogen) atoms. The first-order chi connectivity index (χ1) is 7.20. The molecule has 4 heteroatoms. The van der Waals surface area contributed by atoms with Crippen LogP contribution in [0.2, 0.25) is 0 Å². The molecule has 0 aromatic rings. The normalized spacial score (nSPS) is 13.3. The summed E-state index contributed by atoms with van der Waals surface area (Å²) in [5.41, 5.74) is 0. The standard InChI is InChI=1S/C11H24O3Si/c1-6-8-9-10-11(7-2)15(12-3,13-4)14-5/h10H,6-9H2,1-5H3/b11-10+. The molecule has 3 nitrogen and oxygen atoms in total. The van der Waals surface area contributed by atoms with Crippen molar-refractivity contribution in [2.45, 2.75) is 39.5 Å². The van der Waals surface area contributed by atoms with Gasteiger partial charge < -0.3 is 13.3 Å². The SMILES string of the molecule is CCCC/C=C(\CC)[Si](OC)(OC)OC. The van der Waals surface area contributed by atoms with Crippen LogP contribution in [0.1, 0.15) is 39.5 Å². The predicted molar refractivity (Wildman–Crippen MR) is 64.7 cm³/mol. The van der Waals surface area contributed by atoms with Crippen LogP contribution in [-0.2, 0) is 13.3 Å². The van der Waals surface area contributed by atoms with Crippen LogP contribution in [0.5, 0.6) is 0 Å². The lowest BCUT2D eigenvalue weighted by Gasteiger charge is -2.26. The molecule has 0 aromatic carbocycles. The zero-order valence-corrected chi connectivity index (χ0v) is 11.6. The van der Waals surface area contributed by atoms with Crippen molar-refractivity contribution in [3.63, 3.8) is 0 Å². The zero-order chi connectivity index (χ0) is 11.7. The maximum absolute atomic E-state index is 5.45. The van der Waals surface area contributed by atoms with Crippen molar-refractivity contribution < 1.29 is 13.3 Å². The van der Waals surface area contributed by atoms with E-state index in [0.29, 0.717) is 0 Å². The minimum absolute atomic E-state index is 0.922. The molecule has 0 aliphatic rings. The Morgan fingerprint density at radius 2 is 1.60 bits per heavy atom. The quantitative estimate of drug-likeness (QED) is 0.476. The maximum Gasteiger partial charge on any atom is 0.531 e. The summed E-state index contributed by atoms with van der Waals surface area (Å²) in [6.45, 7) is 4.30. The summed E-state index contributed by atoms with van der Waals surface area (Å²) >= 11 is 0. The topological polar surface area (TPSA) is 27.7 Å². The lowest BCUT2D eigenvalue weighted by molar-refractivity contribution is 0.133. The molecule has 0 aliphatic carbocycles. The Hall–Kier alpha value is -0.163. The third kappa shape index (κ3) is 4.07. The van der Waals surface area contributed by atoms with E-state index < -0.39 is 8.80 Å². The summed E-state index contributed by atoms with van der Waals surface area (Å²) in [6, 6.07) is 0. The van der Waals surface area contributed by atoms with Crippen LogP contribution in [0.3, 0.4) is 0 Å². The molecule has 0 unspecified atom stereocenters. The molecule has 90 valence electrons.